The smallest absolute Gasteiger partial charge is 0.264 e. The first-order chi connectivity index (χ1) is 20.9. The minimum absolute atomic E-state index is 0. The van der Waals surface area contributed by atoms with Crippen molar-refractivity contribution in [2.75, 3.05) is 69.4 Å². The number of methoxy groups -OCH3 is 2. The van der Waals surface area contributed by atoms with Crippen molar-refractivity contribution in [1.82, 2.24) is 9.88 Å². The highest BCUT2D eigenvalue weighted by Crippen LogP contribution is 2.40. The topological polar surface area (TPSA) is 102 Å². The number of para-hydroxylation sites is 1. The number of thiazole rings is 1. The Labute approximate surface area is 268 Å². The molecule has 0 saturated carbocycles. The zero-order valence-electron chi connectivity index (χ0n) is 25.0. The molecule has 1 saturated heterocycles. The number of rotatable bonds is 12. The number of halogens is 1. The van der Waals surface area contributed by atoms with Gasteiger partial charge in [0.1, 0.15) is 21.7 Å². The number of hydrogen-bond acceptors (Lipinski definition) is 9. The molecule has 0 bridgehead atoms. The van der Waals surface area contributed by atoms with Crippen LogP contribution in [0.4, 0.5) is 10.8 Å². The summed E-state index contributed by atoms with van der Waals surface area (Å²) in [6, 6.07) is 18.7. The molecule has 3 aromatic carbocycles. The van der Waals surface area contributed by atoms with Gasteiger partial charge in [0.15, 0.2) is 5.13 Å². The summed E-state index contributed by atoms with van der Waals surface area (Å²) in [7, 11) is -0.646. The Hall–Kier alpha value is -3.42. The number of aromatic nitrogens is 1. The van der Waals surface area contributed by atoms with E-state index in [-0.39, 0.29) is 29.8 Å². The Bertz CT molecular complexity index is 1600. The zero-order valence-corrected chi connectivity index (χ0v) is 27.4. The first kappa shape index (κ1) is 33.5. The molecule has 0 unspecified atom stereocenters. The Morgan fingerprint density at radius 3 is 2.27 bits per heavy atom. The molecular formula is C31H37ClN4O6S2. The highest BCUT2D eigenvalue weighted by molar-refractivity contribution is 7.92. The van der Waals surface area contributed by atoms with Gasteiger partial charge in [0.25, 0.3) is 15.9 Å². The Morgan fingerprint density at radius 1 is 0.977 bits per heavy atom. The molecule has 1 aromatic heterocycles. The van der Waals surface area contributed by atoms with E-state index in [4.69, 9.17) is 19.2 Å². The third kappa shape index (κ3) is 7.10. The Kier molecular flexibility index (Phi) is 11.4. The fourth-order valence-corrected chi connectivity index (χ4v) is 7.66. The zero-order chi connectivity index (χ0) is 30.4. The maximum Gasteiger partial charge on any atom is 0.264 e. The van der Waals surface area contributed by atoms with Crippen molar-refractivity contribution in [1.29, 1.82) is 0 Å². The standard InChI is InChI=1S/C31H36N4O6S2.ClH/c1-4-35(24-9-6-5-7-10-24)43(37,38)25-13-11-23(12-14-25)30(36)34(18-8-17-33-19-21-41-22-20-33)31-32-28-26(39-2)15-16-27(40-3)29(28)42-31;/h5-7,9-16H,4,8,17-22H2,1-3H3;1H. The van der Waals surface area contributed by atoms with Crippen LogP contribution in [-0.4, -0.2) is 84.4 Å². The second kappa shape index (κ2) is 15.0. The normalized spacial score (nSPS) is 13.7. The lowest BCUT2D eigenvalue weighted by atomic mass is 10.2. The molecule has 1 aliphatic rings. The molecule has 0 radical (unpaired) electrons. The highest BCUT2D eigenvalue weighted by atomic mass is 35.5. The molecule has 0 N–H and O–H groups in total. The largest absolute Gasteiger partial charge is 0.495 e. The number of anilines is 2. The van der Waals surface area contributed by atoms with Crippen LogP contribution in [0.25, 0.3) is 10.2 Å². The van der Waals surface area contributed by atoms with Crippen molar-refractivity contribution in [3.8, 4) is 11.5 Å². The molecule has 0 spiro atoms. The molecule has 1 fully saturated rings. The van der Waals surface area contributed by atoms with Crippen molar-refractivity contribution in [3.05, 3.63) is 72.3 Å². The van der Waals surface area contributed by atoms with Crippen LogP contribution in [0, 0.1) is 0 Å². The molecule has 13 heteroatoms. The van der Waals surface area contributed by atoms with E-state index in [2.05, 4.69) is 4.90 Å². The summed E-state index contributed by atoms with van der Waals surface area (Å²) in [6.45, 7) is 6.43. The predicted molar refractivity (Wildman–Crippen MR) is 177 cm³/mol. The molecule has 1 amide bonds. The molecule has 0 aliphatic carbocycles. The molecule has 4 aromatic rings. The maximum atomic E-state index is 14.0. The number of fused-ring (bicyclic) bond motifs is 1. The number of nitrogens with zero attached hydrogens (tertiary/aromatic N) is 4. The Balaban J connectivity index is 0.00000442. The average molecular weight is 661 g/mol. The minimum atomic E-state index is -3.82. The lowest BCUT2D eigenvalue weighted by Gasteiger charge is -2.27. The number of carbonyl (C=O) groups is 1. The summed E-state index contributed by atoms with van der Waals surface area (Å²) in [5.41, 5.74) is 1.57. The van der Waals surface area contributed by atoms with Gasteiger partial charge >= 0.3 is 0 Å². The second-order valence-corrected chi connectivity index (χ2v) is 12.8. The van der Waals surface area contributed by atoms with Gasteiger partial charge in [-0.1, -0.05) is 29.5 Å². The number of hydrogen-bond donors (Lipinski definition) is 0. The van der Waals surface area contributed by atoms with Crippen molar-refractivity contribution >= 4 is 60.7 Å². The second-order valence-electron chi connectivity index (χ2n) is 9.94. The summed E-state index contributed by atoms with van der Waals surface area (Å²) in [5, 5.41) is 0.516. The molecule has 1 aliphatic heterocycles. The number of morpholine rings is 1. The van der Waals surface area contributed by atoms with E-state index in [1.807, 2.05) is 12.1 Å². The predicted octanol–water partition coefficient (Wildman–Crippen LogP) is 5.32. The van der Waals surface area contributed by atoms with Crippen LogP contribution < -0.4 is 18.7 Å². The lowest BCUT2D eigenvalue weighted by Crippen LogP contribution is -2.39. The fraction of sp³-hybridized carbons (Fsp3) is 0.355. The van der Waals surface area contributed by atoms with E-state index in [0.717, 1.165) is 30.8 Å². The van der Waals surface area contributed by atoms with Crippen molar-refractivity contribution in [2.45, 2.75) is 18.2 Å². The van der Waals surface area contributed by atoms with Gasteiger partial charge in [-0.05, 0) is 61.9 Å². The average Bonchev–Trinajstić information content (AvgIpc) is 3.49. The van der Waals surface area contributed by atoms with Gasteiger partial charge in [-0.25, -0.2) is 13.4 Å². The third-order valence-corrected chi connectivity index (χ3v) is 10.4. The van der Waals surface area contributed by atoms with Crippen molar-refractivity contribution in [3.63, 3.8) is 0 Å². The van der Waals surface area contributed by atoms with Gasteiger partial charge in [0, 0.05) is 38.3 Å². The number of amides is 1. The minimum Gasteiger partial charge on any atom is -0.495 e. The first-order valence-electron chi connectivity index (χ1n) is 14.2. The maximum absolute atomic E-state index is 14.0. The van der Waals surface area contributed by atoms with Crippen LogP contribution >= 0.6 is 23.7 Å². The quantitative estimate of drug-likeness (QED) is 0.201. The van der Waals surface area contributed by atoms with Gasteiger partial charge in [-0.2, -0.15) is 0 Å². The fourth-order valence-electron chi connectivity index (χ4n) is 5.09. The molecule has 10 nitrogen and oxygen atoms in total. The summed E-state index contributed by atoms with van der Waals surface area (Å²) in [5.74, 6) is 0.972. The number of benzene rings is 3. The highest BCUT2D eigenvalue weighted by Gasteiger charge is 2.27. The van der Waals surface area contributed by atoms with E-state index in [1.54, 1.807) is 68.5 Å². The number of sulfonamides is 1. The number of carbonyl (C=O) groups excluding carboxylic acids is 1. The van der Waals surface area contributed by atoms with Gasteiger partial charge in [-0.15, -0.1) is 12.4 Å². The molecule has 5 rings (SSSR count). The van der Waals surface area contributed by atoms with E-state index in [0.29, 0.717) is 53.2 Å². The van der Waals surface area contributed by atoms with Crippen LogP contribution in [-0.2, 0) is 14.8 Å². The summed E-state index contributed by atoms with van der Waals surface area (Å²) >= 11 is 1.36. The van der Waals surface area contributed by atoms with Gasteiger partial charge < -0.3 is 14.2 Å². The van der Waals surface area contributed by atoms with Gasteiger partial charge in [0.05, 0.1) is 38.0 Å². The van der Waals surface area contributed by atoms with Crippen LogP contribution in [0.3, 0.4) is 0 Å². The first-order valence-corrected chi connectivity index (χ1v) is 16.4. The molecule has 44 heavy (non-hydrogen) atoms. The SMILES string of the molecule is CCN(c1ccccc1)S(=O)(=O)c1ccc(C(=O)N(CCCN2CCOCC2)c2nc3c(OC)ccc(OC)c3s2)cc1.Cl. The van der Waals surface area contributed by atoms with Gasteiger partial charge in [-0.3, -0.25) is 18.9 Å². The van der Waals surface area contributed by atoms with E-state index < -0.39 is 10.0 Å². The Morgan fingerprint density at radius 2 is 1.64 bits per heavy atom. The molecule has 236 valence electrons. The van der Waals surface area contributed by atoms with Crippen LogP contribution in [0.1, 0.15) is 23.7 Å². The monoisotopic (exact) mass is 660 g/mol. The van der Waals surface area contributed by atoms with Crippen LogP contribution in [0.15, 0.2) is 71.6 Å². The lowest BCUT2D eigenvalue weighted by molar-refractivity contribution is 0.0376. The van der Waals surface area contributed by atoms with Crippen LogP contribution in [0.5, 0.6) is 11.5 Å². The number of ether oxygens (including phenoxy) is 3. The molecule has 0 atom stereocenters. The van der Waals surface area contributed by atoms with Gasteiger partial charge in [0.2, 0.25) is 0 Å². The summed E-state index contributed by atoms with van der Waals surface area (Å²) in [6.07, 6.45) is 0.727. The molecular weight excluding hydrogens is 624 g/mol. The van der Waals surface area contributed by atoms with Crippen LogP contribution in [0.2, 0.25) is 0 Å². The molecule has 2 heterocycles. The van der Waals surface area contributed by atoms with Crippen molar-refractivity contribution < 1.29 is 27.4 Å². The van der Waals surface area contributed by atoms with Crippen molar-refractivity contribution in [2.24, 2.45) is 0 Å². The van der Waals surface area contributed by atoms with E-state index >= 15 is 0 Å². The summed E-state index contributed by atoms with van der Waals surface area (Å²) < 4.78 is 45.7. The summed E-state index contributed by atoms with van der Waals surface area (Å²) in [4.78, 5) is 22.9. The van der Waals surface area contributed by atoms with E-state index in [1.165, 1.54) is 27.8 Å². The van der Waals surface area contributed by atoms with E-state index in [9.17, 15) is 13.2 Å². The third-order valence-electron chi connectivity index (χ3n) is 7.36.